The van der Waals surface area contributed by atoms with Gasteiger partial charge in [-0.15, -0.1) is 0 Å². The van der Waals surface area contributed by atoms with Gasteiger partial charge in [0.2, 0.25) is 11.8 Å². The van der Waals surface area contributed by atoms with Crippen LogP contribution in [0, 0.1) is 11.3 Å². The summed E-state index contributed by atoms with van der Waals surface area (Å²) in [5, 5.41) is 15.4. The molecule has 4 rings (SSSR count). The van der Waals surface area contributed by atoms with E-state index in [1.165, 1.54) is 0 Å². The Morgan fingerprint density at radius 3 is 1.98 bits per heavy atom. The van der Waals surface area contributed by atoms with Gasteiger partial charge in [0.05, 0.1) is 19.0 Å². The van der Waals surface area contributed by atoms with Crippen molar-refractivity contribution < 1.29 is 33.9 Å². The standard InChI is InChI=1S/C45H56ClN3O7/c46-40-18-10-9-15-34(40)27-35(28-39(52)25-32-13-5-4-6-14-32)43(55)49-36-21-19-33(20-22-36)26-41(47)44(56)48-31-38(51)17-8-3-1-2-7-16-37(50)29-45(30-42(53)54)23-11-12-24-45/h4-6,9-10,13-15,18-22,35,41H,1-3,7-8,11-12,16-17,23-31,47H2,(H,48,56)(H,49,55)(H,53,54)/t35-,41+/m1/s1. The summed E-state index contributed by atoms with van der Waals surface area (Å²) in [7, 11) is 0. The Balaban J connectivity index is 1.13. The maximum absolute atomic E-state index is 13.5. The monoisotopic (exact) mass is 785 g/mol. The number of carbonyl (C=O) groups excluding carboxylic acids is 5. The van der Waals surface area contributed by atoms with Crippen LogP contribution in [0.1, 0.15) is 107 Å². The first-order chi connectivity index (χ1) is 26.9. The molecule has 1 saturated carbocycles. The molecule has 1 aliphatic rings. The highest BCUT2D eigenvalue weighted by atomic mass is 35.5. The molecule has 3 aromatic rings. The van der Waals surface area contributed by atoms with E-state index in [2.05, 4.69) is 10.6 Å². The average molecular weight is 786 g/mol. The van der Waals surface area contributed by atoms with Crippen molar-refractivity contribution in [1.29, 1.82) is 0 Å². The lowest BCUT2D eigenvalue weighted by Gasteiger charge is -2.26. The number of hydrogen-bond donors (Lipinski definition) is 4. The minimum absolute atomic E-state index is 0.0465. The molecule has 0 aromatic heterocycles. The Kier molecular flexibility index (Phi) is 17.9. The smallest absolute Gasteiger partial charge is 0.303 e. The van der Waals surface area contributed by atoms with Gasteiger partial charge in [-0.3, -0.25) is 28.8 Å². The van der Waals surface area contributed by atoms with E-state index in [4.69, 9.17) is 17.3 Å². The Labute approximate surface area is 335 Å². The molecule has 10 nitrogen and oxygen atoms in total. The first-order valence-corrected chi connectivity index (χ1v) is 20.3. The van der Waals surface area contributed by atoms with Gasteiger partial charge >= 0.3 is 5.97 Å². The summed E-state index contributed by atoms with van der Waals surface area (Å²) >= 11 is 6.40. The second-order valence-corrected chi connectivity index (χ2v) is 15.8. The highest BCUT2D eigenvalue weighted by Crippen LogP contribution is 2.44. The zero-order chi connectivity index (χ0) is 40.3. The number of carboxylic acid groups (broad SMARTS) is 1. The van der Waals surface area contributed by atoms with Gasteiger partial charge in [0.15, 0.2) is 5.78 Å². The molecule has 3 aromatic carbocycles. The zero-order valence-corrected chi connectivity index (χ0v) is 33.0. The van der Waals surface area contributed by atoms with Gasteiger partial charge in [0.1, 0.15) is 11.6 Å². The molecule has 0 saturated heterocycles. The molecule has 0 spiro atoms. The lowest BCUT2D eigenvalue weighted by Crippen LogP contribution is -2.43. The van der Waals surface area contributed by atoms with Crippen LogP contribution in [0.25, 0.3) is 0 Å². The number of amides is 2. The zero-order valence-electron chi connectivity index (χ0n) is 32.2. The topological polar surface area (TPSA) is 173 Å². The van der Waals surface area contributed by atoms with Crippen molar-refractivity contribution in [3.8, 4) is 0 Å². The summed E-state index contributed by atoms with van der Waals surface area (Å²) in [6.45, 7) is -0.0900. The van der Waals surface area contributed by atoms with E-state index < -0.39 is 23.8 Å². The van der Waals surface area contributed by atoms with Crippen LogP contribution in [0.5, 0.6) is 0 Å². The van der Waals surface area contributed by atoms with Crippen molar-refractivity contribution in [2.24, 2.45) is 17.1 Å². The van der Waals surface area contributed by atoms with Crippen molar-refractivity contribution in [2.45, 2.75) is 115 Å². The van der Waals surface area contributed by atoms with Gasteiger partial charge in [-0.1, -0.05) is 104 Å². The maximum Gasteiger partial charge on any atom is 0.303 e. The fourth-order valence-electron chi connectivity index (χ4n) is 7.62. The van der Waals surface area contributed by atoms with Crippen LogP contribution in [-0.4, -0.2) is 52.8 Å². The quantitative estimate of drug-likeness (QED) is 0.0635. The number of hydrogen-bond acceptors (Lipinski definition) is 7. The van der Waals surface area contributed by atoms with E-state index in [-0.39, 0.29) is 60.9 Å². The van der Waals surface area contributed by atoms with E-state index >= 15 is 0 Å². The van der Waals surface area contributed by atoms with Gasteiger partial charge in [0.25, 0.3) is 0 Å². The lowest BCUT2D eigenvalue weighted by atomic mass is 9.77. The predicted octanol–water partition coefficient (Wildman–Crippen LogP) is 7.62. The van der Waals surface area contributed by atoms with Crippen molar-refractivity contribution in [1.82, 2.24) is 5.32 Å². The lowest BCUT2D eigenvalue weighted by molar-refractivity contribution is -0.140. The van der Waals surface area contributed by atoms with Crippen molar-refractivity contribution in [3.63, 3.8) is 0 Å². The average Bonchev–Trinajstić information content (AvgIpc) is 3.61. The minimum Gasteiger partial charge on any atom is -0.481 e. The Hall–Kier alpha value is -4.67. The van der Waals surface area contributed by atoms with Gasteiger partial charge in [-0.05, 0) is 78.8 Å². The highest BCUT2D eigenvalue weighted by Gasteiger charge is 2.37. The molecule has 1 aliphatic carbocycles. The van der Waals surface area contributed by atoms with E-state index in [0.29, 0.717) is 42.8 Å². The summed E-state index contributed by atoms with van der Waals surface area (Å²) in [5.41, 5.74) is 8.80. The van der Waals surface area contributed by atoms with Crippen molar-refractivity contribution >= 4 is 52.4 Å². The van der Waals surface area contributed by atoms with Crippen LogP contribution in [0.3, 0.4) is 0 Å². The number of nitrogens with one attached hydrogen (secondary N) is 2. The van der Waals surface area contributed by atoms with Crippen LogP contribution in [0.15, 0.2) is 78.9 Å². The molecule has 2 atom stereocenters. The normalized spacial score (nSPS) is 14.4. The number of aliphatic carboxylic acids is 1. The number of carboxylic acids is 1. The molecule has 0 bridgehead atoms. The molecule has 0 unspecified atom stereocenters. The Morgan fingerprint density at radius 1 is 0.696 bits per heavy atom. The number of unbranched alkanes of at least 4 members (excludes halogenated alkanes) is 4. The fourth-order valence-corrected chi connectivity index (χ4v) is 7.83. The van der Waals surface area contributed by atoms with Gasteiger partial charge in [-0.25, -0.2) is 0 Å². The van der Waals surface area contributed by atoms with Gasteiger partial charge < -0.3 is 21.5 Å². The Bertz CT molecular complexity index is 1770. The van der Waals surface area contributed by atoms with Crippen LogP contribution >= 0.6 is 11.6 Å². The molecule has 0 aliphatic heterocycles. The fraction of sp³-hybridized carbons (Fsp3) is 0.467. The molecule has 11 heteroatoms. The largest absolute Gasteiger partial charge is 0.481 e. The summed E-state index contributed by atoms with van der Waals surface area (Å²) in [5.74, 6) is -2.16. The number of rotatable bonds is 25. The maximum atomic E-state index is 13.5. The molecule has 0 radical (unpaired) electrons. The minimum atomic E-state index is -0.866. The Morgan fingerprint density at radius 2 is 1.32 bits per heavy atom. The number of nitrogens with two attached hydrogens (primary N) is 1. The van der Waals surface area contributed by atoms with Crippen molar-refractivity contribution in [3.05, 3.63) is 101 Å². The third-order valence-electron chi connectivity index (χ3n) is 10.7. The first-order valence-electron chi connectivity index (χ1n) is 19.9. The number of ketones is 3. The molecule has 2 amide bonds. The second-order valence-electron chi connectivity index (χ2n) is 15.4. The third kappa shape index (κ3) is 15.5. The summed E-state index contributed by atoms with van der Waals surface area (Å²) in [4.78, 5) is 75.4. The molecule has 0 heterocycles. The molecule has 300 valence electrons. The highest BCUT2D eigenvalue weighted by molar-refractivity contribution is 6.31. The van der Waals surface area contributed by atoms with Crippen LogP contribution in [-0.2, 0) is 48.0 Å². The number of anilines is 1. The number of Topliss-reactive ketones (excluding diaryl/α,β-unsaturated/α-hetero) is 3. The van der Waals surface area contributed by atoms with Gasteiger partial charge in [-0.2, -0.15) is 0 Å². The first kappa shape index (κ1) is 44.0. The molecule has 1 fully saturated rings. The van der Waals surface area contributed by atoms with E-state index in [1.807, 2.05) is 48.5 Å². The van der Waals surface area contributed by atoms with E-state index in [0.717, 1.165) is 68.1 Å². The predicted molar refractivity (Wildman–Crippen MR) is 218 cm³/mol. The van der Waals surface area contributed by atoms with Gasteiger partial charge in [0, 0.05) is 48.7 Å². The summed E-state index contributed by atoms with van der Waals surface area (Å²) in [6.07, 6.45) is 9.80. The number of benzene rings is 3. The van der Waals surface area contributed by atoms with E-state index in [1.54, 1.807) is 30.3 Å². The number of halogens is 1. The van der Waals surface area contributed by atoms with Crippen LogP contribution in [0.4, 0.5) is 5.69 Å². The molecule has 5 N–H and O–H groups in total. The molecular weight excluding hydrogens is 730 g/mol. The summed E-state index contributed by atoms with van der Waals surface area (Å²) in [6, 6.07) is 22.8. The van der Waals surface area contributed by atoms with Crippen LogP contribution < -0.4 is 16.4 Å². The van der Waals surface area contributed by atoms with Crippen LogP contribution in [0.2, 0.25) is 5.02 Å². The molecule has 56 heavy (non-hydrogen) atoms. The third-order valence-corrected chi connectivity index (χ3v) is 11.0. The molecular formula is C45H56ClN3O7. The van der Waals surface area contributed by atoms with Crippen molar-refractivity contribution in [2.75, 3.05) is 11.9 Å². The summed E-state index contributed by atoms with van der Waals surface area (Å²) < 4.78 is 0. The SMILES string of the molecule is N[C@@H](Cc1ccc(NC(=O)[C@@H](CC(=O)Cc2ccccc2)Cc2ccccc2Cl)cc1)C(=O)NCC(=O)CCCCCCCC(=O)CC1(CC(=O)O)CCCC1. The second kappa shape index (κ2) is 22.8. The number of carbonyl (C=O) groups is 6. The van der Waals surface area contributed by atoms with E-state index in [9.17, 15) is 33.9 Å².